The number of nitrogens with one attached hydrogen (secondary N) is 3. The first-order chi connectivity index (χ1) is 10.2. The summed E-state index contributed by atoms with van der Waals surface area (Å²) in [6.07, 6.45) is 5.77. The molecule has 8 nitrogen and oxygen atoms in total. The molecule has 2 aromatic heterocycles. The highest BCUT2D eigenvalue weighted by Crippen LogP contribution is 2.06. The van der Waals surface area contributed by atoms with E-state index in [2.05, 4.69) is 31.1 Å². The van der Waals surface area contributed by atoms with Gasteiger partial charge in [0.05, 0.1) is 17.9 Å². The summed E-state index contributed by atoms with van der Waals surface area (Å²) in [6.45, 7) is 1.78. The Morgan fingerprint density at radius 3 is 2.62 bits per heavy atom. The van der Waals surface area contributed by atoms with Crippen molar-refractivity contribution in [2.45, 2.75) is 13.0 Å². The summed E-state index contributed by atoms with van der Waals surface area (Å²) < 4.78 is 0. The standard InChI is InChI=1S/C13H14N6O2/c1-9(10-4-2-3-5-15-10)17-13(21)19-18-12(20)11-8-14-6-7-16-11/h2-9H,1H3,(H,18,20)(H2,17,19,21)/t9-/m0/s1. The number of rotatable bonds is 3. The lowest BCUT2D eigenvalue weighted by Gasteiger charge is -2.14. The highest BCUT2D eigenvalue weighted by atomic mass is 16.2. The molecule has 0 aliphatic heterocycles. The third kappa shape index (κ3) is 4.23. The number of urea groups is 1. The summed E-state index contributed by atoms with van der Waals surface area (Å²) >= 11 is 0. The zero-order valence-corrected chi connectivity index (χ0v) is 11.3. The lowest BCUT2D eigenvalue weighted by Crippen LogP contribution is -2.47. The molecule has 2 heterocycles. The van der Waals surface area contributed by atoms with Crippen molar-refractivity contribution >= 4 is 11.9 Å². The van der Waals surface area contributed by atoms with Gasteiger partial charge >= 0.3 is 6.03 Å². The first-order valence-corrected chi connectivity index (χ1v) is 6.20. The number of pyridine rings is 1. The highest BCUT2D eigenvalue weighted by Gasteiger charge is 2.12. The van der Waals surface area contributed by atoms with E-state index in [1.54, 1.807) is 25.3 Å². The van der Waals surface area contributed by atoms with E-state index in [1.807, 2.05) is 6.07 Å². The number of amides is 3. The van der Waals surface area contributed by atoms with Gasteiger partial charge in [0, 0.05) is 18.6 Å². The molecule has 3 N–H and O–H groups in total. The third-order valence-corrected chi connectivity index (χ3v) is 2.56. The average molecular weight is 286 g/mol. The van der Waals surface area contributed by atoms with Gasteiger partial charge in [-0.25, -0.2) is 15.2 Å². The second-order valence-corrected chi connectivity index (χ2v) is 4.12. The summed E-state index contributed by atoms with van der Waals surface area (Å²) in [5.41, 5.74) is 5.29. The Hall–Kier alpha value is -3.03. The average Bonchev–Trinajstić information content (AvgIpc) is 2.54. The predicted molar refractivity (Wildman–Crippen MR) is 73.8 cm³/mol. The van der Waals surface area contributed by atoms with Gasteiger partial charge in [0.15, 0.2) is 0 Å². The summed E-state index contributed by atoms with van der Waals surface area (Å²) in [5.74, 6) is -0.552. The highest BCUT2D eigenvalue weighted by molar-refractivity contribution is 5.93. The van der Waals surface area contributed by atoms with Crippen molar-refractivity contribution in [3.05, 3.63) is 54.4 Å². The zero-order chi connectivity index (χ0) is 15.1. The number of nitrogens with zero attached hydrogens (tertiary/aromatic N) is 3. The van der Waals surface area contributed by atoms with Crippen LogP contribution < -0.4 is 16.2 Å². The van der Waals surface area contributed by atoms with Crippen molar-refractivity contribution in [3.8, 4) is 0 Å². The predicted octanol–water partition coefficient (Wildman–Crippen LogP) is 0.577. The van der Waals surface area contributed by atoms with E-state index in [4.69, 9.17) is 0 Å². The molecule has 8 heteroatoms. The van der Waals surface area contributed by atoms with Crippen LogP contribution in [0.2, 0.25) is 0 Å². The Bertz CT molecular complexity index is 605. The SMILES string of the molecule is C[C@H](NC(=O)NNC(=O)c1cnccn1)c1ccccn1. The molecule has 2 aromatic rings. The van der Waals surface area contributed by atoms with Crippen LogP contribution in [0, 0.1) is 0 Å². The minimum absolute atomic E-state index is 0.107. The Kier molecular flexibility index (Phi) is 4.75. The van der Waals surface area contributed by atoms with E-state index in [1.165, 1.54) is 18.6 Å². The molecule has 0 aliphatic rings. The maximum absolute atomic E-state index is 11.7. The fourth-order valence-corrected chi connectivity index (χ4v) is 1.53. The van der Waals surface area contributed by atoms with Gasteiger partial charge in [0.1, 0.15) is 5.69 Å². The molecule has 2 rings (SSSR count). The molecule has 0 aliphatic carbocycles. The maximum atomic E-state index is 11.7. The third-order valence-electron chi connectivity index (χ3n) is 2.56. The Balaban J connectivity index is 1.81. The van der Waals surface area contributed by atoms with E-state index in [9.17, 15) is 9.59 Å². The van der Waals surface area contributed by atoms with Gasteiger partial charge in [-0.2, -0.15) is 0 Å². The van der Waals surface area contributed by atoms with Gasteiger partial charge in [-0.1, -0.05) is 6.07 Å². The number of carbonyl (C=O) groups excluding carboxylic acids is 2. The van der Waals surface area contributed by atoms with E-state index in [0.717, 1.165) is 0 Å². The molecule has 0 spiro atoms. The van der Waals surface area contributed by atoms with Crippen molar-refractivity contribution < 1.29 is 9.59 Å². The first kappa shape index (κ1) is 14.4. The molecule has 0 radical (unpaired) electrons. The molecule has 0 bridgehead atoms. The lowest BCUT2D eigenvalue weighted by molar-refractivity contribution is 0.0930. The van der Waals surface area contributed by atoms with Crippen molar-refractivity contribution in [1.29, 1.82) is 0 Å². The van der Waals surface area contributed by atoms with Crippen molar-refractivity contribution in [1.82, 2.24) is 31.1 Å². The fraction of sp³-hybridized carbons (Fsp3) is 0.154. The summed E-state index contributed by atoms with van der Waals surface area (Å²) in [7, 11) is 0. The maximum Gasteiger partial charge on any atom is 0.334 e. The molecule has 3 amide bonds. The lowest BCUT2D eigenvalue weighted by atomic mass is 10.2. The van der Waals surface area contributed by atoms with Crippen LogP contribution in [0.3, 0.4) is 0 Å². The quantitative estimate of drug-likeness (QED) is 0.715. The number of hydrazine groups is 1. The van der Waals surface area contributed by atoms with Crippen molar-refractivity contribution in [2.24, 2.45) is 0 Å². The van der Waals surface area contributed by atoms with Crippen LogP contribution in [0.5, 0.6) is 0 Å². The number of aromatic nitrogens is 3. The smallest absolute Gasteiger partial charge is 0.329 e. The molecule has 21 heavy (non-hydrogen) atoms. The number of hydrogen-bond acceptors (Lipinski definition) is 5. The zero-order valence-electron chi connectivity index (χ0n) is 11.3. The van der Waals surface area contributed by atoms with Crippen LogP contribution in [0.25, 0.3) is 0 Å². The van der Waals surface area contributed by atoms with E-state index < -0.39 is 11.9 Å². The number of hydrogen-bond donors (Lipinski definition) is 3. The molecule has 0 saturated carbocycles. The van der Waals surface area contributed by atoms with Crippen molar-refractivity contribution in [3.63, 3.8) is 0 Å². The van der Waals surface area contributed by atoms with Gasteiger partial charge in [0.25, 0.3) is 5.91 Å². The molecule has 1 atom stereocenters. The molecule has 0 unspecified atom stereocenters. The van der Waals surface area contributed by atoms with E-state index >= 15 is 0 Å². The van der Waals surface area contributed by atoms with E-state index in [-0.39, 0.29) is 11.7 Å². The molecular formula is C13H14N6O2. The number of carbonyl (C=O) groups is 2. The monoisotopic (exact) mass is 286 g/mol. The van der Waals surface area contributed by atoms with Gasteiger partial charge in [-0.15, -0.1) is 0 Å². The molecule has 0 aromatic carbocycles. The Morgan fingerprint density at radius 2 is 1.95 bits per heavy atom. The molecule has 0 saturated heterocycles. The van der Waals surface area contributed by atoms with Crippen LogP contribution in [0.4, 0.5) is 4.79 Å². The van der Waals surface area contributed by atoms with Gasteiger partial charge in [-0.3, -0.25) is 20.2 Å². The van der Waals surface area contributed by atoms with Gasteiger partial charge in [0.2, 0.25) is 0 Å². The van der Waals surface area contributed by atoms with Crippen LogP contribution in [0.15, 0.2) is 43.0 Å². The van der Waals surface area contributed by atoms with Gasteiger partial charge < -0.3 is 5.32 Å². The van der Waals surface area contributed by atoms with Crippen molar-refractivity contribution in [2.75, 3.05) is 0 Å². The Labute approximate surface area is 121 Å². The second-order valence-electron chi connectivity index (χ2n) is 4.12. The normalized spacial score (nSPS) is 11.3. The minimum Gasteiger partial charge on any atom is -0.329 e. The Morgan fingerprint density at radius 1 is 1.10 bits per heavy atom. The van der Waals surface area contributed by atoms with Crippen LogP contribution in [0.1, 0.15) is 29.1 Å². The fourth-order valence-electron chi connectivity index (χ4n) is 1.53. The van der Waals surface area contributed by atoms with Gasteiger partial charge in [-0.05, 0) is 19.1 Å². The topological polar surface area (TPSA) is 109 Å². The molecule has 108 valence electrons. The largest absolute Gasteiger partial charge is 0.334 e. The van der Waals surface area contributed by atoms with Crippen LogP contribution >= 0.6 is 0 Å². The van der Waals surface area contributed by atoms with Crippen LogP contribution in [-0.2, 0) is 0 Å². The first-order valence-electron chi connectivity index (χ1n) is 6.20. The minimum atomic E-state index is -0.552. The summed E-state index contributed by atoms with van der Waals surface area (Å²) in [5, 5.41) is 2.64. The van der Waals surface area contributed by atoms with Crippen LogP contribution in [-0.4, -0.2) is 26.9 Å². The molecule has 0 fully saturated rings. The second kappa shape index (κ2) is 6.94. The summed E-state index contributed by atoms with van der Waals surface area (Å²) in [4.78, 5) is 35.0. The molecular weight excluding hydrogens is 272 g/mol. The van der Waals surface area contributed by atoms with E-state index in [0.29, 0.717) is 5.69 Å². The summed E-state index contributed by atoms with van der Waals surface area (Å²) in [6, 6.07) is 4.57.